The van der Waals surface area contributed by atoms with Gasteiger partial charge in [-0.25, -0.2) is 0 Å². The molecule has 15 heavy (non-hydrogen) atoms. The highest BCUT2D eigenvalue weighted by Gasteiger charge is 2.14. The van der Waals surface area contributed by atoms with Crippen LogP contribution in [0.15, 0.2) is 22.7 Å². The number of carbonyl (C=O) groups is 1. The summed E-state index contributed by atoms with van der Waals surface area (Å²) in [6.45, 7) is 2.33. The molecule has 0 saturated carbocycles. The molecule has 0 spiro atoms. The lowest BCUT2D eigenvalue weighted by Gasteiger charge is -2.13. The largest absolute Gasteiger partial charge is 0.481 e. The second-order valence-electron chi connectivity index (χ2n) is 3.54. The molecule has 4 heteroatoms. The fourth-order valence-corrected chi connectivity index (χ4v) is 1.72. The second-order valence-corrected chi connectivity index (χ2v) is 4.39. The summed E-state index contributed by atoms with van der Waals surface area (Å²) in [6.07, 6.45) is 0.0809. The maximum absolute atomic E-state index is 10.6. The maximum Gasteiger partial charge on any atom is 0.304 e. The Kier molecular flexibility index (Phi) is 4.29. The van der Waals surface area contributed by atoms with Gasteiger partial charge in [-0.05, 0) is 30.7 Å². The Morgan fingerprint density at radius 2 is 2.27 bits per heavy atom. The SMILES string of the molecule is Cc1cc(C(CN)CC(=O)O)ccc1Br. The molecule has 0 heterocycles. The van der Waals surface area contributed by atoms with E-state index >= 15 is 0 Å². The highest BCUT2D eigenvalue weighted by Crippen LogP contribution is 2.24. The van der Waals surface area contributed by atoms with Gasteiger partial charge in [-0.1, -0.05) is 28.1 Å². The van der Waals surface area contributed by atoms with Gasteiger partial charge in [0.15, 0.2) is 0 Å². The van der Waals surface area contributed by atoms with Gasteiger partial charge in [-0.15, -0.1) is 0 Å². The second kappa shape index (κ2) is 5.28. The van der Waals surface area contributed by atoms with Crippen molar-refractivity contribution in [3.63, 3.8) is 0 Å². The zero-order chi connectivity index (χ0) is 11.4. The summed E-state index contributed by atoms with van der Waals surface area (Å²) < 4.78 is 1.03. The van der Waals surface area contributed by atoms with Crippen LogP contribution in [0.2, 0.25) is 0 Å². The van der Waals surface area contributed by atoms with Crippen LogP contribution in [-0.2, 0) is 4.79 Å². The number of halogens is 1. The molecule has 0 aliphatic carbocycles. The van der Waals surface area contributed by atoms with Crippen LogP contribution in [0.25, 0.3) is 0 Å². The van der Waals surface area contributed by atoms with Gasteiger partial charge in [0, 0.05) is 10.4 Å². The number of rotatable bonds is 4. The van der Waals surface area contributed by atoms with Gasteiger partial charge in [0.1, 0.15) is 0 Å². The lowest BCUT2D eigenvalue weighted by atomic mass is 9.95. The van der Waals surface area contributed by atoms with Gasteiger partial charge in [-0.2, -0.15) is 0 Å². The third-order valence-corrected chi connectivity index (χ3v) is 3.25. The summed E-state index contributed by atoms with van der Waals surface area (Å²) in [7, 11) is 0. The Balaban J connectivity index is 2.92. The lowest BCUT2D eigenvalue weighted by Crippen LogP contribution is -2.16. The van der Waals surface area contributed by atoms with Crippen LogP contribution in [0.5, 0.6) is 0 Å². The van der Waals surface area contributed by atoms with Gasteiger partial charge < -0.3 is 10.8 Å². The monoisotopic (exact) mass is 271 g/mol. The summed E-state index contributed by atoms with van der Waals surface area (Å²) in [5, 5.41) is 8.74. The van der Waals surface area contributed by atoms with Crippen molar-refractivity contribution in [1.29, 1.82) is 0 Å². The minimum absolute atomic E-state index is 0.0809. The number of hydrogen-bond acceptors (Lipinski definition) is 2. The Morgan fingerprint density at radius 1 is 1.60 bits per heavy atom. The van der Waals surface area contributed by atoms with E-state index in [4.69, 9.17) is 10.8 Å². The molecular formula is C11H14BrNO2. The summed E-state index contributed by atoms with van der Waals surface area (Å²) in [4.78, 5) is 10.6. The highest BCUT2D eigenvalue weighted by atomic mass is 79.9. The van der Waals surface area contributed by atoms with Crippen molar-refractivity contribution in [1.82, 2.24) is 0 Å². The number of carboxylic acids is 1. The average molecular weight is 272 g/mol. The van der Waals surface area contributed by atoms with E-state index in [0.29, 0.717) is 6.54 Å². The normalized spacial score (nSPS) is 12.5. The van der Waals surface area contributed by atoms with Gasteiger partial charge in [-0.3, -0.25) is 4.79 Å². The molecule has 1 rings (SSSR count). The lowest BCUT2D eigenvalue weighted by molar-refractivity contribution is -0.137. The predicted octanol–water partition coefficient (Wildman–Crippen LogP) is 2.27. The number of carboxylic acid groups (broad SMARTS) is 1. The van der Waals surface area contributed by atoms with E-state index in [1.165, 1.54) is 0 Å². The van der Waals surface area contributed by atoms with Gasteiger partial charge in [0.25, 0.3) is 0 Å². The molecule has 1 unspecified atom stereocenters. The summed E-state index contributed by atoms with van der Waals surface area (Å²) in [5.74, 6) is -0.916. The van der Waals surface area contributed by atoms with Crippen LogP contribution in [0.1, 0.15) is 23.5 Å². The van der Waals surface area contributed by atoms with E-state index in [1.54, 1.807) is 0 Å². The molecule has 1 atom stereocenters. The Hall–Kier alpha value is -0.870. The summed E-state index contributed by atoms with van der Waals surface area (Å²) in [5.41, 5.74) is 7.65. The van der Waals surface area contributed by atoms with Crippen LogP contribution in [-0.4, -0.2) is 17.6 Å². The van der Waals surface area contributed by atoms with Crippen molar-refractivity contribution in [3.05, 3.63) is 33.8 Å². The molecule has 1 aromatic rings. The molecule has 0 bridgehead atoms. The molecule has 82 valence electrons. The zero-order valence-electron chi connectivity index (χ0n) is 8.53. The van der Waals surface area contributed by atoms with E-state index in [-0.39, 0.29) is 12.3 Å². The highest BCUT2D eigenvalue weighted by molar-refractivity contribution is 9.10. The van der Waals surface area contributed by atoms with E-state index in [0.717, 1.165) is 15.6 Å². The fraction of sp³-hybridized carbons (Fsp3) is 0.364. The first-order chi connectivity index (χ1) is 7.04. The zero-order valence-corrected chi connectivity index (χ0v) is 10.1. The van der Waals surface area contributed by atoms with Crippen LogP contribution in [0.4, 0.5) is 0 Å². The van der Waals surface area contributed by atoms with Crippen molar-refractivity contribution in [2.45, 2.75) is 19.3 Å². The number of aryl methyl sites for hydroxylation is 1. The minimum Gasteiger partial charge on any atom is -0.481 e. The number of aliphatic carboxylic acids is 1. The first-order valence-electron chi connectivity index (χ1n) is 4.72. The van der Waals surface area contributed by atoms with Gasteiger partial charge in [0.05, 0.1) is 6.42 Å². The smallest absolute Gasteiger partial charge is 0.304 e. The summed E-state index contributed by atoms with van der Waals surface area (Å²) >= 11 is 3.40. The molecule has 0 aliphatic heterocycles. The minimum atomic E-state index is -0.814. The van der Waals surface area contributed by atoms with Crippen LogP contribution >= 0.6 is 15.9 Å². The van der Waals surface area contributed by atoms with Crippen molar-refractivity contribution in [2.24, 2.45) is 5.73 Å². The Morgan fingerprint density at radius 3 is 2.73 bits per heavy atom. The van der Waals surface area contributed by atoms with Gasteiger partial charge in [0.2, 0.25) is 0 Å². The molecule has 3 nitrogen and oxygen atoms in total. The van der Waals surface area contributed by atoms with Crippen molar-refractivity contribution >= 4 is 21.9 Å². The molecule has 0 aromatic heterocycles. The van der Waals surface area contributed by atoms with E-state index in [1.807, 2.05) is 25.1 Å². The van der Waals surface area contributed by atoms with Crippen LogP contribution in [0.3, 0.4) is 0 Å². The average Bonchev–Trinajstić information content (AvgIpc) is 2.18. The third kappa shape index (κ3) is 3.32. The topological polar surface area (TPSA) is 63.3 Å². The quantitative estimate of drug-likeness (QED) is 0.883. The van der Waals surface area contributed by atoms with Crippen molar-refractivity contribution in [3.8, 4) is 0 Å². The molecular weight excluding hydrogens is 258 g/mol. The summed E-state index contributed by atoms with van der Waals surface area (Å²) in [6, 6.07) is 5.82. The molecule has 0 radical (unpaired) electrons. The third-order valence-electron chi connectivity index (χ3n) is 2.36. The van der Waals surface area contributed by atoms with Crippen LogP contribution < -0.4 is 5.73 Å². The number of benzene rings is 1. The van der Waals surface area contributed by atoms with Gasteiger partial charge >= 0.3 is 5.97 Å². The van der Waals surface area contributed by atoms with E-state index < -0.39 is 5.97 Å². The fourth-order valence-electron chi connectivity index (χ4n) is 1.47. The molecule has 0 fully saturated rings. The van der Waals surface area contributed by atoms with Crippen LogP contribution in [0, 0.1) is 6.92 Å². The number of hydrogen-bond donors (Lipinski definition) is 2. The van der Waals surface area contributed by atoms with E-state index in [9.17, 15) is 4.79 Å². The predicted molar refractivity (Wildman–Crippen MR) is 62.9 cm³/mol. The molecule has 1 aromatic carbocycles. The molecule has 3 N–H and O–H groups in total. The Labute approximate surface area is 97.4 Å². The molecule has 0 aliphatic rings. The van der Waals surface area contributed by atoms with Crippen molar-refractivity contribution < 1.29 is 9.90 Å². The standard InChI is InChI=1S/C11H14BrNO2/c1-7-4-8(2-3-10(7)12)9(6-13)5-11(14)15/h2-4,9H,5-6,13H2,1H3,(H,14,15). The Bertz CT molecular complexity index is 366. The number of nitrogens with two attached hydrogens (primary N) is 1. The van der Waals surface area contributed by atoms with E-state index in [2.05, 4.69) is 15.9 Å². The first-order valence-corrected chi connectivity index (χ1v) is 5.51. The first kappa shape index (κ1) is 12.2. The molecule has 0 amide bonds. The molecule has 0 saturated heterocycles. The maximum atomic E-state index is 10.6. The van der Waals surface area contributed by atoms with Crippen molar-refractivity contribution in [2.75, 3.05) is 6.54 Å².